The first kappa shape index (κ1) is 12.7. The van der Waals surface area contributed by atoms with Crippen molar-refractivity contribution in [2.75, 3.05) is 0 Å². The van der Waals surface area contributed by atoms with Gasteiger partial charge in [-0.3, -0.25) is 14.9 Å². The van der Waals surface area contributed by atoms with E-state index in [1.165, 1.54) is 11.8 Å². The largest absolute Gasteiger partial charge is 0.295 e. The fourth-order valence-electron chi connectivity index (χ4n) is 1.49. The normalized spacial score (nSPS) is 19.5. The van der Waals surface area contributed by atoms with Crippen LogP contribution >= 0.6 is 35.0 Å². The van der Waals surface area contributed by atoms with Gasteiger partial charge in [0, 0.05) is 12.2 Å². The molecule has 1 N–H and O–H groups in total. The van der Waals surface area contributed by atoms with E-state index in [1.807, 2.05) is 6.07 Å². The van der Waals surface area contributed by atoms with E-state index in [0.717, 1.165) is 5.56 Å². The zero-order valence-electron chi connectivity index (χ0n) is 8.70. The third-order valence-corrected chi connectivity index (χ3v) is 4.38. The van der Waals surface area contributed by atoms with Crippen LogP contribution in [0.3, 0.4) is 0 Å². The van der Waals surface area contributed by atoms with E-state index in [0.29, 0.717) is 15.8 Å². The standard InChI is InChI=1S/C11H9Cl2NO2S/c12-7-2-1-6(3-8(7)13)5-17-9-4-10(15)14-11(9)16/h1-3,9H,4-5H2,(H,14,15,16). The average molecular weight is 290 g/mol. The molecule has 2 amide bonds. The van der Waals surface area contributed by atoms with Gasteiger partial charge in [0.15, 0.2) is 0 Å². The summed E-state index contributed by atoms with van der Waals surface area (Å²) in [5.74, 6) is 0.212. The maximum Gasteiger partial charge on any atom is 0.240 e. The smallest absolute Gasteiger partial charge is 0.240 e. The maximum atomic E-state index is 11.3. The SMILES string of the molecule is O=C1CC(SCc2ccc(Cl)c(Cl)c2)C(=O)N1. The van der Waals surface area contributed by atoms with E-state index in [1.54, 1.807) is 12.1 Å². The number of amides is 2. The van der Waals surface area contributed by atoms with Crippen molar-refractivity contribution in [3.8, 4) is 0 Å². The van der Waals surface area contributed by atoms with Crippen LogP contribution in [0, 0.1) is 0 Å². The first-order valence-electron chi connectivity index (χ1n) is 4.95. The van der Waals surface area contributed by atoms with Crippen molar-refractivity contribution >= 4 is 46.8 Å². The van der Waals surface area contributed by atoms with Crippen LogP contribution in [0.2, 0.25) is 10.0 Å². The van der Waals surface area contributed by atoms with Crippen molar-refractivity contribution in [2.24, 2.45) is 0 Å². The van der Waals surface area contributed by atoms with Crippen LogP contribution in [0.25, 0.3) is 0 Å². The van der Waals surface area contributed by atoms with Gasteiger partial charge in [-0.05, 0) is 17.7 Å². The predicted molar refractivity (Wildman–Crippen MR) is 69.3 cm³/mol. The van der Waals surface area contributed by atoms with E-state index in [2.05, 4.69) is 5.32 Å². The number of benzene rings is 1. The summed E-state index contributed by atoms with van der Waals surface area (Å²) < 4.78 is 0. The average Bonchev–Trinajstić information content (AvgIpc) is 2.59. The number of thioether (sulfide) groups is 1. The monoisotopic (exact) mass is 289 g/mol. The van der Waals surface area contributed by atoms with Gasteiger partial charge in [-0.15, -0.1) is 11.8 Å². The molecule has 1 heterocycles. The first-order valence-corrected chi connectivity index (χ1v) is 6.76. The Morgan fingerprint density at radius 3 is 2.65 bits per heavy atom. The molecule has 0 aliphatic carbocycles. The molecule has 1 aliphatic heterocycles. The fourth-order valence-corrected chi connectivity index (χ4v) is 2.86. The lowest BCUT2D eigenvalue weighted by molar-refractivity contribution is -0.124. The Morgan fingerprint density at radius 1 is 1.29 bits per heavy atom. The molecule has 1 unspecified atom stereocenters. The van der Waals surface area contributed by atoms with Crippen molar-refractivity contribution in [3.63, 3.8) is 0 Å². The fraction of sp³-hybridized carbons (Fsp3) is 0.273. The van der Waals surface area contributed by atoms with Crippen molar-refractivity contribution in [1.82, 2.24) is 5.32 Å². The van der Waals surface area contributed by atoms with Gasteiger partial charge in [0.2, 0.25) is 11.8 Å². The summed E-state index contributed by atoms with van der Waals surface area (Å²) >= 11 is 13.1. The zero-order chi connectivity index (χ0) is 12.4. The van der Waals surface area contributed by atoms with E-state index < -0.39 is 0 Å². The second-order valence-corrected chi connectivity index (χ2v) is 5.67. The Bertz CT molecular complexity index is 479. The summed E-state index contributed by atoms with van der Waals surface area (Å²) in [5, 5.41) is 2.99. The quantitative estimate of drug-likeness (QED) is 0.870. The zero-order valence-corrected chi connectivity index (χ0v) is 11.0. The Hall–Kier alpha value is -0.710. The van der Waals surface area contributed by atoms with Crippen LogP contribution in [0.4, 0.5) is 0 Å². The topological polar surface area (TPSA) is 46.2 Å². The highest BCUT2D eigenvalue weighted by molar-refractivity contribution is 7.99. The van der Waals surface area contributed by atoms with Crippen LogP contribution in [0.5, 0.6) is 0 Å². The Kier molecular flexibility index (Phi) is 3.97. The van der Waals surface area contributed by atoms with Gasteiger partial charge in [0.1, 0.15) is 0 Å². The molecule has 1 aliphatic rings. The highest BCUT2D eigenvalue weighted by Crippen LogP contribution is 2.27. The van der Waals surface area contributed by atoms with E-state index in [9.17, 15) is 9.59 Å². The molecule has 0 bridgehead atoms. The number of imide groups is 1. The van der Waals surface area contributed by atoms with Crippen LogP contribution in [0.1, 0.15) is 12.0 Å². The van der Waals surface area contributed by atoms with Crippen molar-refractivity contribution < 1.29 is 9.59 Å². The van der Waals surface area contributed by atoms with E-state index in [-0.39, 0.29) is 23.5 Å². The molecule has 0 radical (unpaired) electrons. The molecule has 2 rings (SSSR count). The molecule has 1 fully saturated rings. The minimum absolute atomic E-state index is 0.207. The summed E-state index contributed by atoms with van der Waals surface area (Å²) in [6, 6.07) is 5.35. The summed E-state index contributed by atoms with van der Waals surface area (Å²) in [6.45, 7) is 0. The third-order valence-electron chi connectivity index (χ3n) is 2.36. The van der Waals surface area contributed by atoms with Crippen molar-refractivity contribution in [3.05, 3.63) is 33.8 Å². The van der Waals surface area contributed by atoms with Crippen molar-refractivity contribution in [2.45, 2.75) is 17.4 Å². The minimum atomic E-state index is -0.294. The van der Waals surface area contributed by atoms with E-state index >= 15 is 0 Å². The van der Waals surface area contributed by atoms with Gasteiger partial charge in [0.05, 0.1) is 15.3 Å². The molecule has 0 spiro atoms. The number of hydrogen-bond donors (Lipinski definition) is 1. The van der Waals surface area contributed by atoms with Crippen LogP contribution in [-0.4, -0.2) is 17.1 Å². The highest BCUT2D eigenvalue weighted by atomic mass is 35.5. The molecule has 6 heteroatoms. The minimum Gasteiger partial charge on any atom is -0.295 e. The lowest BCUT2D eigenvalue weighted by atomic mass is 10.2. The third kappa shape index (κ3) is 3.15. The Balaban J connectivity index is 1.96. The Morgan fingerprint density at radius 2 is 2.06 bits per heavy atom. The predicted octanol–water partition coefficient (Wildman–Crippen LogP) is 2.64. The molecular formula is C11H9Cl2NO2S. The lowest BCUT2D eigenvalue weighted by Gasteiger charge is -2.06. The summed E-state index contributed by atoms with van der Waals surface area (Å²) in [4.78, 5) is 22.3. The number of hydrogen-bond acceptors (Lipinski definition) is 3. The summed E-state index contributed by atoms with van der Waals surface area (Å²) in [5.41, 5.74) is 0.983. The van der Waals surface area contributed by atoms with Crippen molar-refractivity contribution in [1.29, 1.82) is 0 Å². The molecule has 3 nitrogen and oxygen atoms in total. The van der Waals surface area contributed by atoms with Gasteiger partial charge in [-0.1, -0.05) is 29.3 Å². The summed E-state index contributed by atoms with van der Waals surface area (Å²) in [6.07, 6.45) is 0.255. The van der Waals surface area contributed by atoms with Gasteiger partial charge >= 0.3 is 0 Å². The summed E-state index contributed by atoms with van der Waals surface area (Å²) in [7, 11) is 0. The molecule has 1 aromatic rings. The number of carbonyl (C=O) groups excluding carboxylic acids is 2. The first-order chi connectivity index (χ1) is 8.06. The van der Waals surface area contributed by atoms with Gasteiger partial charge in [-0.25, -0.2) is 0 Å². The highest BCUT2D eigenvalue weighted by Gasteiger charge is 2.30. The van der Waals surface area contributed by atoms with Crippen LogP contribution < -0.4 is 5.32 Å². The second-order valence-electron chi connectivity index (χ2n) is 3.66. The van der Waals surface area contributed by atoms with Gasteiger partial charge in [-0.2, -0.15) is 0 Å². The molecule has 0 aromatic heterocycles. The second kappa shape index (κ2) is 5.29. The molecule has 1 aromatic carbocycles. The number of carbonyl (C=O) groups is 2. The van der Waals surface area contributed by atoms with Crippen LogP contribution in [-0.2, 0) is 15.3 Å². The van der Waals surface area contributed by atoms with Gasteiger partial charge < -0.3 is 0 Å². The van der Waals surface area contributed by atoms with Crippen LogP contribution in [0.15, 0.2) is 18.2 Å². The molecule has 90 valence electrons. The van der Waals surface area contributed by atoms with Gasteiger partial charge in [0.25, 0.3) is 0 Å². The molecule has 1 atom stereocenters. The molecule has 0 saturated carbocycles. The lowest BCUT2D eigenvalue weighted by Crippen LogP contribution is -2.23. The number of rotatable bonds is 3. The molecular weight excluding hydrogens is 281 g/mol. The maximum absolute atomic E-state index is 11.3. The number of halogens is 2. The van der Waals surface area contributed by atoms with E-state index in [4.69, 9.17) is 23.2 Å². The molecule has 1 saturated heterocycles. The Labute approximate surface area is 113 Å². The number of nitrogens with one attached hydrogen (secondary N) is 1. The molecule has 17 heavy (non-hydrogen) atoms.